The molecule has 1 aromatic rings. The number of ether oxygens (including phenoxy) is 1. The predicted octanol–water partition coefficient (Wildman–Crippen LogP) is 4.68. The highest BCUT2D eigenvalue weighted by Gasteiger charge is 2.39. The molecule has 1 aliphatic carbocycles. The maximum Gasteiger partial charge on any atom is 0.0697 e. The molecule has 112 valence electrons. The molecular weight excluding hydrogens is 314 g/mol. The molecule has 0 saturated heterocycles. The largest absolute Gasteiger partial charge is 0.378 e. The van der Waals surface area contributed by atoms with Crippen LogP contribution in [0.15, 0.2) is 16.6 Å². The van der Waals surface area contributed by atoms with E-state index in [1.165, 1.54) is 40.4 Å². The summed E-state index contributed by atoms with van der Waals surface area (Å²) in [4.78, 5) is 0. The Kier molecular flexibility index (Phi) is 5.27. The van der Waals surface area contributed by atoms with E-state index in [1.807, 2.05) is 7.11 Å². The van der Waals surface area contributed by atoms with Gasteiger partial charge in [-0.15, -0.1) is 0 Å². The third-order valence-corrected chi connectivity index (χ3v) is 5.50. The van der Waals surface area contributed by atoms with Gasteiger partial charge in [0.2, 0.25) is 0 Å². The van der Waals surface area contributed by atoms with Gasteiger partial charge in [0, 0.05) is 17.6 Å². The lowest BCUT2D eigenvalue weighted by Crippen LogP contribution is -2.43. The van der Waals surface area contributed by atoms with Crippen molar-refractivity contribution in [2.24, 2.45) is 0 Å². The monoisotopic (exact) mass is 339 g/mol. The summed E-state index contributed by atoms with van der Waals surface area (Å²) in [6.45, 7) is 7.52. The zero-order chi connectivity index (χ0) is 14.8. The van der Waals surface area contributed by atoms with Crippen molar-refractivity contribution >= 4 is 15.9 Å². The summed E-state index contributed by atoms with van der Waals surface area (Å²) in [5.41, 5.74) is 4.16. The number of benzene rings is 1. The van der Waals surface area contributed by atoms with Crippen LogP contribution in [-0.2, 0) is 4.74 Å². The first kappa shape index (κ1) is 16.0. The highest BCUT2D eigenvalue weighted by molar-refractivity contribution is 9.10. The molecule has 20 heavy (non-hydrogen) atoms. The second-order valence-corrected chi connectivity index (χ2v) is 6.87. The van der Waals surface area contributed by atoms with Crippen LogP contribution in [0, 0.1) is 13.8 Å². The summed E-state index contributed by atoms with van der Waals surface area (Å²) in [5, 5.41) is 3.65. The van der Waals surface area contributed by atoms with Gasteiger partial charge in [-0.25, -0.2) is 0 Å². The number of halogens is 1. The molecule has 0 bridgehead atoms. The molecule has 1 fully saturated rings. The number of hydrogen-bond acceptors (Lipinski definition) is 2. The van der Waals surface area contributed by atoms with Crippen LogP contribution in [0.1, 0.15) is 55.3 Å². The average Bonchev–Trinajstić information content (AvgIpc) is 2.37. The second-order valence-electron chi connectivity index (χ2n) is 6.01. The number of hydrogen-bond donors (Lipinski definition) is 1. The van der Waals surface area contributed by atoms with Crippen LogP contribution in [0.3, 0.4) is 0 Å². The highest BCUT2D eigenvalue weighted by atomic mass is 79.9. The molecule has 0 spiro atoms. The fourth-order valence-electron chi connectivity index (χ4n) is 3.15. The third-order valence-electron chi connectivity index (χ3n) is 4.65. The molecule has 1 aliphatic rings. The first-order valence-corrected chi connectivity index (χ1v) is 8.36. The van der Waals surface area contributed by atoms with Crippen LogP contribution in [0.4, 0.5) is 0 Å². The zero-order valence-corrected chi connectivity index (χ0v) is 14.6. The fourth-order valence-corrected chi connectivity index (χ4v) is 3.61. The van der Waals surface area contributed by atoms with Crippen LogP contribution >= 0.6 is 15.9 Å². The Balaban J connectivity index is 2.26. The van der Waals surface area contributed by atoms with Gasteiger partial charge >= 0.3 is 0 Å². The van der Waals surface area contributed by atoms with Crippen molar-refractivity contribution in [3.05, 3.63) is 33.3 Å². The topological polar surface area (TPSA) is 21.3 Å². The van der Waals surface area contributed by atoms with Crippen LogP contribution in [-0.4, -0.2) is 19.3 Å². The van der Waals surface area contributed by atoms with E-state index in [4.69, 9.17) is 4.74 Å². The summed E-state index contributed by atoms with van der Waals surface area (Å²) in [6.07, 6.45) is 4.75. The first-order valence-electron chi connectivity index (χ1n) is 7.56. The molecule has 1 atom stereocenters. The van der Waals surface area contributed by atoms with Gasteiger partial charge in [0.25, 0.3) is 0 Å². The van der Waals surface area contributed by atoms with Gasteiger partial charge in [0.05, 0.1) is 5.60 Å². The standard InChI is InChI=1S/C17H26BrNO/c1-5-19-16(11-17(20-4)7-6-8-17)14-9-13(3)15(18)10-12(14)2/h9-10,16,19H,5-8,11H2,1-4H3. The van der Waals surface area contributed by atoms with E-state index in [2.05, 4.69) is 54.2 Å². The Morgan fingerprint density at radius 2 is 2.00 bits per heavy atom. The maximum absolute atomic E-state index is 5.82. The summed E-state index contributed by atoms with van der Waals surface area (Å²) >= 11 is 3.62. The van der Waals surface area contributed by atoms with E-state index in [-0.39, 0.29) is 5.60 Å². The SMILES string of the molecule is CCNC(CC1(OC)CCC1)c1cc(C)c(Br)cc1C. The lowest BCUT2D eigenvalue weighted by atomic mass is 9.74. The number of nitrogens with one attached hydrogen (secondary N) is 1. The quantitative estimate of drug-likeness (QED) is 0.812. The Morgan fingerprint density at radius 3 is 2.50 bits per heavy atom. The van der Waals surface area contributed by atoms with Crippen molar-refractivity contribution in [3.63, 3.8) is 0 Å². The maximum atomic E-state index is 5.82. The molecule has 0 amide bonds. The summed E-state index contributed by atoms with van der Waals surface area (Å²) in [5.74, 6) is 0. The van der Waals surface area contributed by atoms with Crippen molar-refractivity contribution in [1.82, 2.24) is 5.32 Å². The van der Waals surface area contributed by atoms with Gasteiger partial charge in [0.15, 0.2) is 0 Å². The minimum Gasteiger partial charge on any atom is -0.378 e. The lowest BCUT2D eigenvalue weighted by Gasteiger charge is -2.43. The van der Waals surface area contributed by atoms with Crippen LogP contribution in [0.25, 0.3) is 0 Å². The van der Waals surface area contributed by atoms with Crippen molar-refractivity contribution in [3.8, 4) is 0 Å². The molecule has 1 N–H and O–H groups in total. The van der Waals surface area contributed by atoms with Gasteiger partial charge in [-0.2, -0.15) is 0 Å². The molecule has 2 rings (SSSR count). The molecule has 1 saturated carbocycles. The van der Waals surface area contributed by atoms with Crippen molar-refractivity contribution in [2.75, 3.05) is 13.7 Å². The van der Waals surface area contributed by atoms with Gasteiger partial charge in [0.1, 0.15) is 0 Å². The average molecular weight is 340 g/mol. The Hall–Kier alpha value is -0.380. The van der Waals surface area contributed by atoms with E-state index in [0.717, 1.165) is 13.0 Å². The van der Waals surface area contributed by atoms with Gasteiger partial charge in [-0.1, -0.05) is 28.9 Å². The summed E-state index contributed by atoms with van der Waals surface area (Å²) in [7, 11) is 1.86. The molecule has 0 aromatic heterocycles. The predicted molar refractivity (Wildman–Crippen MR) is 88.2 cm³/mol. The van der Waals surface area contributed by atoms with Crippen LogP contribution in [0.2, 0.25) is 0 Å². The molecule has 0 aliphatic heterocycles. The highest BCUT2D eigenvalue weighted by Crippen LogP contribution is 2.42. The Labute approximate surface area is 131 Å². The van der Waals surface area contributed by atoms with Gasteiger partial charge in [-0.3, -0.25) is 0 Å². The summed E-state index contributed by atoms with van der Waals surface area (Å²) < 4.78 is 7.01. The minimum atomic E-state index is 0.0975. The molecule has 1 aromatic carbocycles. The lowest BCUT2D eigenvalue weighted by molar-refractivity contribution is -0.0837. The number of methoxy groups -OCH3 is 1. The molecule has 1 unspecified atom stereocenters. The third kappa shape index (κ3) is 3.26. The van der Waals surface area contributed by atoms with E-state index in [9.17, 15) is 0 Å². The van der Waals surface area contributed by atoms with E-state index >= 15 is 0 Å². The first-order chi connectivity index (χ1) is 9.51. The summed E-state index contributed by atoms with van der Waals surface area (Å²) in [6, 6.07) is 4.93. The van der Waals surface area contributed by atoms with Crippen molar-refractivity contribution in [2.45, 2.75) is 58.1 Å². The molecule has 0 radical (unpaired) electrons. The number of aryl methyl sites for hydroxylation is 2. The van der Waals surface area contributed by atoms with Gasteiger partial charge in [-0.05, 0) is 68.8 Å². The zero-order valence-electron chi connectivity index (χ0n) is 13.1. The van der Waals surface area contributed by atoms with Crippen LogP contribution in [0.5, 0.6) is 0 Å². The fraction of sp³-hybridized carbons (Fsp3) is 0.647. The normalized spacial score (nSPS) is 18.6. The minimum absolute atomic E-state index is 0.0975. The molecule has 3 heteroatoms. The smallest absolute Gasteiger partial charge is 0.0697 e. The van der Waals surface area contributed by atoms with E-state index < -0.39 is 0 Å². The van der Waals surface area contributed by atoms with Gasteiger partial charge < -0.3 is 10.1 Å². The Morgan fingerprint density at radius 1 is 1.30 bits per heavy atom. The molecular formula is C17H26BrNO. The van der Waals surface area contributed by atoms with Crippen molar-refractivity contribution < 1.29 is 4.74 Å². The molecule has 2 nitrogen and oxygen atoms in total. The molecule has 0 heterocycles. The van der Waals surface area contributed by atoms with E-state index in [1.54, 1.807) is 0 Å². The Bertz CT molecular complexity index is 463. The number of rotatable bonds is 6. The second kappa shape index (κ2) is 6.59. The van der Waals surface area contributed by atoms with Crippen LogP contribution < -0.4 is 5.32 Å². The van der Waals surface area contributed by atoms with E-state index in [0.29, 0.717) is 6.04 Å². The van der Waals surface area contributed by atoms with Crippen molar-refractivity contribution in [1.29, 1.82) is 0 Å².